The second-order valence-electron chi connectivity index (χ2n) is 6.81. The van der Waals surface area contributed by atoms with E-state index in [9.17, 15) is 0 Å². The summed E-state index contributed by atoms with van der Waals surface area (Å²) >= 11 is 0. The second-order valence-corrected chi connectivity index (χ2v) is 6.81. The molecule has 2 rings (SSSR count). The number of rotatable bonds is 2. The van der Waals surface area contributed by atoms with E-state index < -0.39 is 0 Å². The van der Waals surface area contributed by atoms with Crippen molar-refractivity contribution in [3.05, 3.63) is 0 Å². The Balaban J connectivity index is 1.88. The molecule has 88 valence electrons. The van der Waals surface area contributed by atoms with Gasteiger partial charge in [-0.25, -0.2) is 0 Å². The van der Waals surface area contributed by atoms with Gasteiger partial charge in [-0.2, -0.15) is 0 Å². The minimum atomic E-state index is 0.423. The van der Waals surface area contributed by atoms with E-state index in [1.165, 1.54) is 32.2 Å². The van der Waals surface area contributed by atoms with E-state index in [4.69, 9.17) is 5.73 Å². The standard InChI is InChI=1S/C13H26N2/c1-13(2,3)7-10-6-11(14)9-15(8-10)12-4-5-12/h10-12H,4-9,14H2,1-3H3. The van der Waals surface area contributed by atoms with Crippen molar-refractivity contribution in [2.24, 2.45) is 17.1 Å². The molecule has 2 N–H and O–H groups in total. The van der Waals surface area contributed by atoms with Gasteiger partial charge in [-0.1, -0.05) is 20.8 Å². The lowest BCUT2D eigenvalue weighted by molar-refractivity contribution is 0.120. The van der Waals surface area contributed by atoms with Crippen molar-refractivity contribution >= 4 is 0 Å². The van der Waals surface area contributed by atoms with Gasteiger partial charge in [0.25, 0.3) is 0 Å². The van der Waals surface area contributed by atoms with E-state index in [2.05, 4.69) is 25.7 Å². The van der Waals surface area contributed by atoms with Gasteiger partial charge in [-0.15, -0.1) is 0 Å². The first-order chi connectivity index (χ1) is 6.94. The Hall–Kier alpha value is -0.0800. The van der Waals surface area contributed by atoms with Crippen molar-refractivity contribution in [2.45, 2.75) is 58.5 Å². The highest BCUT2D eigenvalue weighted by Gasteiger charge is 2.35. The topological polar surface area (TPSA) is 29.3 Å². The maximum Gasteiger partial charge on any atom is 0.0171 e. The number of likely N-dealkylation sites (tertiary alicyclic amines) is 1. The molecule has 2 atom stereocenters. The van der Waals surface area contributed by atoms with E-state index in [0.717, 1.165) is 18.5 Å². The Labute approximate surface area is 94.2 Å². The lowest BCUT2D eigenvalue weighted by Crippen LogP contribution is -2.48. The first-order valence-corrected chi connectivity index (χ1v) is 6.44. The van der Waals surface area contributed by atoms with Crippen LogP contribution in [0.3, 0.4) is 0 Å². The van der Waals surface area contributed by atoms with Crippen LogP contribution < -0.4 is 5.73 Å². The Morgan fingerprint density at radius 3 is 2.40 bits per heavy atom. The third-order valence-corrected chi connectivity index (χ3v) is 3.56. The highest BCUT2D eigenvalue weighted by Crippen LogP contribution is 2.34. The van der Waals surface area contributed by atoms with Gasteiger partial charge >= 0.3 is 0 Å². The molecule has 0 aromatic heterocycles. The Morgan fingerprint density at radius 2 is 1.87 bits per heavy atom. The minimum Gasteiger partial charge on any atom is -0.327 e. The van der Waals surface area contributed by atoms with E-state index in [1.807, 2.05) is 0 Å². The van der Waals surface area contributed by atoms with E-state index in [-0.39, 0.29) is 0 Å². The first kappa shape index (κ1) is 11.4. The van der Waals surface area contributed by atoms with Crippen LogP contribution in [-0.4, -0.2) is 30.1 Å². The van der Waals surface area contributed by atoms with Gasteiger partial charge in [-0.3, -0.25) is 4.90 Å². The molecule has 0 aromatic rings. The van der Waals surface area contributed by atoms with Crippen LogP contribution in [0.5, 0.6) is 0 Å². The van der Waals surface area contributed by atoms with E-state index in [0.29, 0.717) is 11.5 Å². The molecule has 2 heteroatoms. The average molecular weight is 210 g/mol. The third-order valence-electron chi connectivity index (χ3n) is 3.56. The molecule has 0 amide bonds. The highest BCUT2D eigenvalue weighted by atomic mass is 15.2. The zero-order valence-corrected chi connectivity index (χ0v) is 10.5. The fourth-order valence-electron chi connectivity index (χ4n) is 3.04. The molecule has 2 aliphatic rings. The number of nitrogens with two attached hydrogens (primary N) is 1. The summed E-state index contributed by atoms with van der Waals surface area (Å²) in [4.78, 5) is 2.64. The van der Waals surface area contributed by atoms with Crippen molar-refractivity contribution in [3.63, 3.8) is 0 Å². The predicted molar refractivity (Wildman–Crippen MR) is 64.7 cm³/mol. The van der Waals surface area contributed by atoms with Crippen molar-refractivity contribution in [1.29, 1.82) is 0 Å². The summed E-state index contributed by atoms with van der Waals surface area (Å²) < 4.78 is 0. The summed E-state index contributed by atoms with van der Waals surface area (Å²) in [5, 5.41) is 0. The lowest BCUT2D eigenvalue weighted by Gasteiger charge is -2.39. The van der Waals surface area contributed by atoms with Gasteiger partial charge < -0.3 is 5.73 Å². The first-order valence-electron chi connectivity index (χ1n) is 6.44. The molecule has 2 unspecified atom stereocenters. The van der Waals surface area contributed by atoms with E-state index >= 15 is 0 Å². The fourth-order valence-corrected chi connectivity index (χ4v) is 3.04. The van der Waals surface area contributed by atoms with Gasteiger partial charge in [0.1, 0.15) is 0 Å². The van der Waals surface area contributed by atoms with Gasteiger partial charge in [0.05, 0.1) is 0 Å². The van der Waals surface area contributed by atoms with Crippen LogP contribution in [-0.2, 0) is 0 Å². The van der Waals surface area contributed by atoms with Crippen LogP contribution in [0, 0.1) is 11.3 Å². The maximum atomic E-state index is 6.16. The van der Waals surface area contributed by atoms with Crippen molar-refractivity contribution in [3.8, 4) is 0 Å². The van der Waals surface area contributed by atoms with Crippen LogP contribution in [0.2, 0.25) is 0 Å². The molecular formula is C13H26N2. The quantitative estimate of drug-likeness (QED) is 0.757. The summed E-state index contributed by atoms with van der Waals surface area (Å²) in [7, 11) is 0. The van der Waals surface area contributed by atoms with Gasteiger partial charge in [0.2, 0.25) is 0 Å². The number of piperidine rings is 1. The molecule has 1 saturated heterocycles. The lowest BCUT2D eigenvalue weighted by atomic mass is 9.80. The summed E-state index contributed by atoms with van der Waals surface area (Å²) in [6.45, 7) is 9.47. The molecule has 2 nitrogen and oxygen atoms in total. The fraction of sp³-hybridized carbons (Fsp3) is 1.00. The largest absolute Gasteiger partial charge is 0.327 e. The Bertz CT molecular complexity index is 215. The molecule has 0 bridgehead atoms. The normalized spacial score (nSPS) is 34.4. The third kappa shape index (κ3) is 3.46. The average Bonchev–Trinajstić information content (AvgIpc) is 2.80. The molecule has 2 fully saturated rings. The highest BCUT2D eigenvalue weighted by molar-refractivity contribution is 4.92. The Kier molecular flexibility index (Phi) is 3.09. The summed E-state index contributed by atoms with van der Waals surface area (Å²) in [5.74, 6) is 0.828. The summed E-state index contributed by atoms with van der Waals surface area (Å²) in [6, 6.07) is 1.31. The Morgan fingerprint density at radius 1 is 1.20 bits per heavy atom. The van der Waals surface area contributed by atoms with Gasteiger partial charge in [0.15, 0.2) is 0 Å². The zero-order valence-electron chi connectivity index (χ0n) is 10.5. The molecule has 1 aliphatic carbocycles. The van der Waals surface area contributed by atoms with Crippen LogP contribution in [0.15, 0.2) is 0 Å². The van der Waals surface area contributed by atoms with Crippen molar-refractivity contribution < 1.29 is 0 Å². The smallest absolute Gasteiger partial charge is 0.0171 e. The molecule has 1 aliphatic heterocycles. The van der Waals surface area contributed by atoms with Crippen molar-refractivity contribution in [1.82, 2.24) is 4.90 Å². The zero-order chi connectivity index (χ0) is 11.1. The van der Waals surface area contributed by atoms with E-state index in [1.54, 1.807) is 0 Å². The molecular weight excluding hydrogens is 184 g/mol. The molecule has 0 spiro atoms. The predicted octanol–water partition coefficient (Wildman–Crippen LogP) is 2.23. The molecule has 0 aromatic carbocycles. The number of hydrogen-bond donors (Lipinski definition) is 1. The monoisotopic (exact) mass is 210 g/mol. The maximum absolute atomic E-state index is 6.16. The minimum absolute atomic E-state index is 0.423. The number of nitrogens with zero attached hydrogens (tertiary/aromatic N) is 1. The molecule has 1 heterocycles. The van der Waals surface area contributed by atoms with Gasteiger partial charge in [0, 0.05) is 25.2 Å². The van der Waals surface area contributed by atoms with Gasteiger partial charge in [-0.05, 0) is 37.0 Å². The molecule has 15 heavy (non-hydrogen) atoms. The SMILES string of the molecule is CC(C)(C)CC1CC(N)CN(C2CC2)C1. The number of hydrogen-bond acceptors (Lipinski definition) is 2. The van der Waals surface area contributed by atoms with Crippen LogP contribution in [0.25, 0.3) is 0 Å². The van der Waals surface area contributed by atoms with Crippen LogP contribution in [0.4, 0.5) is 0 Å². The van der Waals surface area contributed by atoms with Crippen molar-refractivity contribution in [2.75, 3.05) is 13.1 Å². The van der Waals surface area contributed by atoms with Crippen LogP contribution >= 0.6 is 0 Å². The summed E-state index contributed by atoms with van der Waals surface area (Å²) in [6.07, 6.45) is 5.38. The molecule has 0 radical (unpaired) electrons. The molecule has 1 saturated carbocycles. The van der Waals surface area contributed by atoms with Crippen LogP contribution in [0.1, 0.15) is 46.5 Å². The summed E-state index contributed by atoms with van der Waals surface area (Å²) in [5.41, 5.74) is 6.61. The second kappa shape index (κ2) is 4.06.